The van der Waals surface area contributed by atoms with Crippen LogP contribution in [0.2, 0.25) is 0 Å². The van der Waals surface area contributed by atoms with E-state index in [2.05, 4.69) is 44.9 Å². The van der Waals surface area contributed by atoms with Gasteiger partial charge >= 0.3 is 7.55 Å². The molecule has 0 saturated carbocycles. The molecule has 3 heteroatoms. The van der Waals surface area contributed by atoms with Crippen LogP contribution in [-0.4, -0.2) is 42.3 Å². The number of hydrogen-bond acceptors (Lipinski definition) is 2. The summed E-state index contributed by atoms with van der Waals surface area (Å²) in [5.41, 5.74) is 0. The summed E-state index contributed by atoms with van der Waals surface area (Å²) in [6.07, 6.45) is 0. The van der Waals surface area contributed by atoms with Crippen LogP contribution in [-0.2, 0) is 0 Å². The first kappa shape index (κ1) is 9.08. The third kappa shape index (κ3) is 2.21. The minimum Gasteiger partial charge on any atom is -0.328 e. The Balaban J connectivity index is 2.35. The Morgan fingerprint density at radius 1 is 0.909 bits per heavy atom. The van der Waals surface area contributed by atoms with E-state index in [9.17, 15) is 0 Å². The van der Waals surface area contributed by atoms with E-state index < -0.39 is 0 Å². The standard InChI is InChI=1S/C8H18BN2/c1-7(2)10-5-6-11(9-10)8(3)4/h7-8H,5-6H2,1-4H3. The van der Waals surface area contributed by atoms with Crippen LogP contribution in [0.15, 0.2) is 0 Å². The van der Waals surface area contributed by atoms with E-state index in [4.69, 9.17) is 0 Å². The summed E-state index contributed by atoms with van der Waals surface area (Å²) in [5, 5.41) is 0. The Labute approximate surface area is 70.8 Å². The first-order valence-electron chi connectivity index (χ1n) is 4.47. The lowest BCUT2D eigenvalue weighted by Crippen LogP contribution is -2.37. The van der Waals surface area contributed by atoms with Gasteiger partial charge in [0.25, 0.3) is 0 Å². The largest absolute Gasteiger partial charge is 0.328 e. The summed E-state index contributed by atoms with van der Waals surface area (Å²) in [4.78, 5) is 4.78. The lowest BCUT2D eigenvalue weighted by atomic mass is 10.0. The second-order valence-corrected chi connectivity index (χ2v) is 3.78. The van der Waals surface area contributed by atoms with Crippen molar-refractivity contribution in [3.63, 3.8) is 0 Å². The summed E-state index contributed by atoms with van der Waals surface area (Å²) in [6, 6.07) is 1.30. The zero-order chi connectivity index (χ0) is 8.43. The minimum absolute atomic E-state index is 0.652. The maximum absolute atomic E-state index is 2.39. The highest BCUT2D eigenvalue weighted by Gasteiger charge is 2.25. The fourth-order valence-corrected chi connectivity index (χ4v) is 1.32. The molecule has 0 unspecified atom stereocenters. The van der Waals surface area contributed by atoms with Gasteiger partial charge < -0.3 is 9.62 Å². The summed E-state index contributed by atoms with van der Waals surface area (Å²) in [5.74, 6) is 0. The lowest BCUT2D eigenvalue weighted by molar-refractivity contribution is 0.390. The van der Waals surface area contributed by atoms with Gasteiger partial charge in [-0.2, -0.15) is 0 Å². The Kier molecular flexibility index (Phi) is 2.96. The smallest absolute Gasteiger partial charge is 0.313 e. The maximum Gasteiger partial charge on any atom is 0.313 e. The number of nitrogens with zero attached hydrogens (tertiary/aromatic N) is 2. The third-order valence-corrected chi connectivity index (χ3v) is 2.24. The van der Waals surface area contributed by atoms with Crippen molar-refractivity contribution in [2.45, 2.75) is 39.8 Å². The van der Waals surface area contributed by atoms with Gasteiger partial charge in [-0.05, 0) is 12.1 Å². The molecular weight excluding hydrogens is 135 g/mol. The predicted molar refractivity (Wildman–Crippen MR) is 49.4 cm³/mol. The monoisotopic (exact) mass is 153 g/mol. The summed E-state index contributed by atoms with van der Waals surface area (Å²) < 4.78 is 0. The van der Waals surface area contributed by atoms with Gasteiger partial charge in [-0.3, -0.25) is 0 Å². The van der Waals surface area contributed by atoms with Gasteiger partial charge in [0.15, 0.2) is 0 Å². The van der Waals surface area contributed by atoms with E-state index >= 15 is 0 Å². The summed E-state index contributed by atoms with van der Waals surface area (Å²) in [6.45, 7) is 11.3. The SMILES string of the molecule is CC(C)N1[B]N(C(C)C)CC1. The van der Waals surface area contributed by atoms with Crippen LogP contribution >= 0.6 is 0 Å². The van der Waals surface area contributed by atoms with Gasteiger partial charge in [0.1, 0.15) is 0 Å². The van der Waals surface area contributed by atoms with Crippen molar-refractivity contribution in [1.82, 2.24) is 9.62 Å². The van der Waals surface area contributed by atoms with Crippen LogP contribution in [0.1, 0.15) is 27.7 Å². The fraction of sp³-hybridized carbons (Fsp3) is 1.00. The molecule has 11 heavy (non-hydrogen) atoms. The summed E-state index contributed by atoms with van der Waals surface area (Å²) in [7, 11) is 2.26. The van der Waals surface area contributed by atoms with E-state index in [-0.39, 0.29) is 0 Å². The second kappa shape index (κ2) is 3.59. The van der Waals surface area contributed by atoms with E-state index in [1.54, 1.807) is 0 Å². The van der Waals surface area contributed by atoms with Crippen molar-refractivity contribution < 1.29 is 0 Å². The van der Waals surface area contributed by atoms with Gasteiger partial charge in [-0.15, -0.1) is 0 Å². The molecule has 0 aromatic rings. The number of rotatable bonds is 2. The van der Waals surface area contributed by atoms with Crippen molar-refractivity contribution in [3.8, 4) is 0 Å². The van der Waals surface area contributed by atoms with Gasteiger partial charge in [0.05, 0.1) is 0 Å². The van der Waals surface area contributed by atoms with Crippen molar-refractivity contribution in [3.05, 3.63) is 0 Å². The molecule has 1 fully saturated rings. The Bertz CT molecular complexity index is 111. The zero-order valence-electron chi connectivity index (χ0n) is 8.04. The molecule has 0 N–H and O–H groups in total. The molecule has 1 aliphatic heterocycles. The van der Waals surface area contributed by atoms with Gasteiger partial charge in [0.2, 0.25) is 0 Å². The molecule has 2 nitrogen and oxygen atoms in total. The zero-order valence-corrected chi connectivity index (χ0v) is 8.04. The highest BCUT2D eigenvalue weighted by atomic mass is 15.3. The maximum atomic E-state index is 2.39. The molecule has 0 aromatic carbocycles. The Morgan fingerprint density at radius 2 is 1.27 bits per heavy atom. The lowest BCUT2D eigenvalue weighted by Gasteiger charge is -2.21. The first-order valence-corrected chi connectivity index (χ1v) is 4.47. The molecule has 0 amide bonds. The fourth-order valence-electron chi connectivity index (χ4n) is 1.32. The molecule has 0 aromatic heterocycles. The molecule has 0 aliphatic carbocycles. The average molecular weight is 153 g/mol. The quantitative estimate of drug-likeness (QED) is 0.545. The topological polar surface area (TPSA) is 6.48 Å². The molecule has 0 bridgehead atoms. The normalized spacial score (nSPS) is 21.6. The van der Waals surface area contributed by atoms with Crippen molar-refractivity contribution in [2.75, 3.05) is 13.1 Å². The van der Waals surface area contributed by atoms with Gasteiger partial charge in [0, 0.05) is 13.1 Å². The molecule has 0 atom stereocenters. The minimum atomic E-state index is 0.652. The van der Waals surface area contributed by atoms with Crippen LogP contribution in [0.25, 0.3) is 0 Å². The van der Waals surface area contributed by atoms with Crippen LogP contribution in [0.3, 0.4) is 0 Å². The molecule has 1 heterocycles. The molecule has 63 valence electrons. The van der Waals surface area contributed by atoms with E-state index in [1.807, 2.05) is 0 Å². The molecule has 1 aliphatic rings. The van der Waals surface area contributed by atoms with Gasteiger partial charge in [-0.25, -0.2) is 0 Å². The molecule has 0 spiro atoms. The molecule has 1 saturated heterocycles. The Hall–Kier alpha value is -0.0151. The van der Waals surface area contributed by atoms with E-state index in [1.165, 1.54) is 13.1 Å². The van der Waals surface area contributed by atoms with Crippen molar-refractivity contribution >= 4 is 7.55 Å². The van der Waals surface area contributed by atoms with Gasteiger partial charge in [-0.1, -0.05) is 27.7 Å². The molecule has 1 rings (SSSR count). The van der Waals surface area contributed by atoms with Crippen LogP contribution in [0, 0.1) is 0 Å². The first-order chi connectivity index (χ1) is 5.11. The van der Waals surface area contributed by atoms with E-state index in [0.29, 0.717) is 12.1 Å². The van der Waals surface area contributed by atoms with Crippen LogP contribution in [0.4, 0.5) is 0 Å². The second-order valence-electron chi connectivity index (χ2n) is 3.78. The van der Waals surface area contributed by atoms with Crippen LogP contribution < -0.4 is 0 Å². The van der Waals surface area contributed by atoms with Crippen molar-refractivity contribution in [2.24, 2.45) is 0 Å². The highest BCUT2D eigenvalue weighted by Crippen LogP contribution is 2.08. The number of hydrogen-bond donors (Lipinski definition) is 0. The van der Waals surface area contributed by atoms with E-state index in [0.717, 1.165) is 0 Å². The summed E-state index contributed by atoms with van der Waals surface area (Å²) >= 11 is 0. The van der Waals surface area contributed by atoms with Crippen LogP contribution in [0.5, 0.6) is 0 Å². The molecule has 1 radical (unpaired) electrons. The highest BCUT2D eigenvalue weighted by molar-refractivity contribution is 6.29. The Morgan fingerprint density at radius 3 is 1.45 bits per heavy atom. The predicted octanol–water partition coefficient (Wildman–Crippen LogP) is 0.955. The van der Waals surface area contributed by atoms with Crippen molar-refractivity contribution in [1.29, 1.82) is 0 Å². The average Bonchev–Trinajstić information content (AvgIpc) is 2.33. The third-order valence-electron chi connectivity index (χ3n) is 2.24. The molecular formula is C8H18BN2.